The molecule has 3 heterocycles. The molecule has 0 bridgehead atoms. The van der Waals surface area contributed by atoms with E-state index in [-0.39, 0.29) is 12.5 Å². The molecule has 2 aromatic heterocycles. The topological polar surface area (TPSA) is 73.1 Å². The first-order chi connectivity index (χ1) is 13.7. The van der Waals surface area contributed by atoms with E-state index in [1.807, 2.05) is 48.5 Å². The minimum absolute atomic E-state index is 0.0138. The summed E-state index contributed by atoms with van der Waals surface area (Å²) < 4.78 is 7.91. The van der Waals surface area contributed by atoms with Crippen LogP contribution in [0.25, 0.3) is 10.9 Å². The largest absolute Gasteiger partial charge is 0.467 e. The van der Waals surface area contributed by atoms with Gasteiger partial charge in [0.25, 0.3) is 5.91 Å². The summed E-state index contributed by atoms with van der Waals surface area (Å²) in [6.45, 7) is 4.62. The van der Waals surface area contributed by atoms with Crippen molar-refractivity contribution in [3.05, 3.63) is 48.8 Å². The molecular formula is C21H25N5O2. The van der Waals surface area contributed by atoms with Crippen molar-refractivity contribution in [2.45, 2.75) is 32.7 Å². The molecule has 1 aliphatic heterocycles. The van der Waals surface area contributed by atoms with E-state index in [1.54, 1.807) is 0 Å². The van der Waals surface area contributed by atoms with Crippen molar-refractivity contribution < 1.29 is 9.53 Å². The number of imidazole rings is 1. The first kappa shape index (κ1) is 18.4. The number of amides is 1. The maximum absolute atomic E-state index is 12.5. The highest BCUT2D eigenvalue weighted by Crippen LogP contribution is 2.23. The molecule has 4 rings (SSSR count). The summed E-state index contributed by atoms with van der Waals surface area (Å²) in [5.74, 6) is 2.19. The summed E-state index contributed by atoms with van der Waals surface area (Å²) in [6, 6.07) is 7.64. The summed E-state index contributed by atoms with van der Waals surface area (Å²) >= 11 is 0. The first-order valence-electron chi connectivity index (χ1n) is 9.79. The number of hydrogen-bond acceptors (Lipinski definition) is 5. The Bertz CT molecular complexity index is 941. The lowest BCUT2D eigenvalue weighted by molar-refractivity contribution is -0.134. The second kappa shape index (κ2) is 8.37. The quantitative estimate of drug-likeness (QED) is 0.658. The highest BCUT2D eigenvalue weighted by atomic mass is 16.5. The van der Waals surface area contributed by atoms with Gasteiger partial charge < -0.3 is 14.2 Å². The van der Waals surface area contributed by atoms with Crippen molar-refractivity contribution in [3.8, 4) is 5.88 Å². The first-order valence-corrected chi connectivity index (χ1v) is 9.79. The second-order valence-electron chi connectivity index (χ2n) is 7.27. The Kier molecular flexibility index (Phi) is 5.50. The third-order valence-corrected chi connectivity index (χ3v) is 5.51. The predicted molar refractivity (Wildman–Crippen MR) is 106 cm³/mol. The third kappa shape index (κ3) is 4.13. The van der Waals surface area contributed by atoms with Crippen LogP contribution in [0, 0.1) is 12.8 Å². The fraction of sp³-hybridized carbons (Fsp3) is 0.429. The Labute approximate surface area is 164 Å². The van der Waals surface area contributed by atoms with Gasteiger partial charge in [0.15, 0.2) is 6.61 Å². The summed E-state index contributed by atoms with van der Waals surface area (Å²) in [5, 5.41) is 0.825. The Morgan fingerprint density at radius 1 is 1.18 bits per heavy atom. The molecule has 146 valence electrons. The van der Waals surface area contributed by atoms with Crippen molar-refractivity contribution in [1.29, 1.82) is 0 Å². The molecule has 0 saturated carbocycles. The lowest BCUT2D eigenvalue weighted by Gasteiger charge is -2.32. The van der Waals surface area contributed by atoms with Gasteiger partial charge in [-0.15, -0.1) is 0 Å². The van der Waals surface area contributed by atoms with Crippen molar-refractivity contribution in [1.82, 2.24) is 24.4 Å². The number of aromatic nitrogens is 4. The van der Waals surface area contributed by atoms with Gasteiger partial charge in [-0.1, -0.05) is 12.1 Å². The van der Waals surface area contributed by atoms with Crippen molar-refractivity contribution >= 4 is 16.8 Å². The van der Waals surface area contributed by atoms with E-state index in [4.69, 9.17) is 4.74 Å². The number of carbonyl (C=O) groups excluding carboxylic acids is 1. The second-order valence-corrected chi connectivity index (χ2v) is 7.27. The molecule has 0 radical (unpaired) electrons. The number of benzene rings is 1. The monoisotopic (exact) mass is 379 g/mol. The SMILES string of the molecule is Cc1nccn1CCC1CCN(C(=O)COc2ncnc3ccccc23)CC1. The molecule has 7 nitrogen and oxygen atoms in total. The van der Waals surface area contributed by atoms with Gasteiger partial charge in [0, 0.05) is 32.0 Å². The average molecular weight is 379 g/mol. The molecular weight excluding hydrogens is 354 g/mol. The normalized spacial score (nSPS) is 15.1. The van der Waals surface area contributed by atoms with E-state index < -0.39 is 0 Å². The van der Waals surface area contributed by atoms with Gasteiger partial charge in [-0.05, 0) is 44.2 Å². The van der Waals surface area contributed by atoms with Crippen LogP contribution in [0.15, 0.2) is 43.0 Å². The number of likely N-dealkylation sites (tertiary alicyclic amines) is 1. The van der Waals surface area contributed by atoms with E-state index in [9.17, 15) is 4.79 Å². The molecule has 0 aliphatic carbocycles. The Morgan fingerprint density at radius 3 is 2.79 bits per heavy atom. The van der Waals surface area contributed by atoms with Crippen molar-refractivity contribution in [2.75, 3.05) is 19.7 Å². The van der Waals surface area contributed by atoms with E-state index in [1.165, 1.54) is 6.33 Å². The van der Waals surface area contributed by atoms with Crippen molar-refractivity contribution in [3.63, 3.8) is 0 Å². The summed E-state index contributed by atoms with van der Waals surface area (Å²) in [5.41, 5.74) is 0.814. The predicted octanol–water partition coefficient (Wildman–Crippen LogP) is 2.84. The van der Waals surface area contributed by atoms with Crippen LogP contribution >= 0.6 is 0 Å². The summed E-state index contributed by atoms with van der Waals surface area (Å²) in [6.07, 6.45) is 8.55. The van der Waals surface area contributed by atoms with Crippen LogP contribution in [0.5, 0.6) is 5.88 Å². The maximum Gasteiger partial charge on any atom is 0.260 e. The average Bonchev–Trinajstić information content (AvgIpc) is 3.15. The van der Waals surface area contributed by atoms with E-state index in [0.717, 1.165) is 55.6 Å². The number of aryl methyl sites for hydroxylation is 2. The van der Waals surface area contributed by atoms with Crippen LogP contribution in [0.2, 0.25) is 0 Å². The summed E-state index contributed by atoms with van der Waals surface area (Å²) in [4.78, 5) is 27.1. The zero-order valence-corrected chi connectivity index (χ0v) is 16.1. The molecule has 1 aliphatic rings. The molecule has 0 spiro atoms. The fourth-order valence-corrected chi connectivity index (χ4v) is 3.75. The molecule has 7 heteroatoms. The maximum atomic E-state index is 12.5. The van der Waals surface area contributed by atoms with Crippen LogP contribution in [-0.2, 0) is 11.3 Å². The number of carbonyl (C=O) groups is 1. The Balaban J connectivity index is 1.25. The van der Waals surface area contributed by atoms with Crippen LogP contribution in [0.3, 0.4) is 0 Å². The standard InChI is InChI=1S/C21H25N5O2/c1-16-22-9-13-25(16)10-6-17-7-11-26(12-8-17)20(27)14-28-21-18-4-2-3-5-19(18)23-15-24-21/h2-5,9,13,15,17H,6-8,10-12,14H2,1H3. The van der Waals surface area contributed by atoms with Crippen LogP contribution in [0.1, 0.15) is 25.1 Å². The van der Waals surface area contributed by atoms with Crippen molar-refractivity contribution in [2.24, 2.45) is 5.92 Å². The zero-order chi connectivity index (χ0) is 19.3. The molecule has 1 saturated heterocycles. The van der Waals surface area contributed by atoms with E-state index >= 15 is 0 Å². The fourth-order valence-electron chi connectivity index (χ4n) is 3.75. The number of ether oxygens (including phenoxy) is 1. The minimum atomic E-state index is 0.0138. The lowest BCUT2D eigenvalue weighted by Crippen LogP contribution is -2.41. The van der Waals surface area contributed by atoms with Gasteiger partial charge in [0.2, 0.25) is 5.88 Å². The molecule has 1 fully saturated rings. The zero-order valence-electron chi connectivity index (χ0n) is 16.1. The van der Waals surface area contributed by atoms with E-state index in [2.05, 4.69) is 19.5 Å². The molecule has 1 amide bonds. The molecule has 0 unspecified atom stereocenters. The smallest absolute Gasteiger partial charge is 0.260 e. The molecule has 0 N–H and O–H groups in total. The number of piperidine rings is 1. The minimum Gasteiger partial charge on any atom is -0.467 e. The third-order valence-electron chi connectivity index (χ3n) is 5.51. The number of rotatable bonds is 6. The highest BCUT2D eigenvalue weighted by molar-refractivity contribution is 5.84. The van der Waals surface area contributed by atoms with Crippen LogP contribution in [0.4, 0.5) is 0 Å². The molecule has 0 atom stereocenters. The van der Waals surface area contributed by atoms with Gasteiger partial charge >= 0.3 is 0 Å². The molecule has 3 aromatic rings. The number of hydrogen-bond donors (Lipinski definition) is 0. The lowest BCUT2D eigenvalue weighted by atomic mass is 9.93. The van der Waals surface area contributed by atoms with Crippen LogP contribution < -0.4 is 4.74 Å². The van der Waals surface area contributed by atoms with Crippen LogP contribution in [-0.4, -0.2) is 50.0 Å². The van der Waals surface area contributed by atoms with Gasteiger partial charge in [0.05, 0.1) is 10.9 Å². The summed E-state index contributed by atoms with van der Waals surface area (Å²) in [7, 11) is 0. The number of para-hydroxylation sites is 1. The number of nitrogens with zero attached hydrogens (tertiary/aromatic N) is 5. The molecule has 1 aromatic carbocycles. The molecule has 28 heavy (non-hydrogen) atoms. The number of fused-ring (bicyclic) bond motifs is 1. The van der Waals surface area contributed by atoms with Gasteiger partial charge in [-0.3, -0.25) is 4.79 Å². The van der Waals surface area contributed by atoms with Gasteiger partial charge in [0.1, 0.15) is 12.2 Å². The Morgan fingerprint density at radius 2 is 2.00 bits per heavy atom. The highest BCUT2D eigenvalue weighted by Gasteiger charge is 2.23. The van der Waals surface area contributed by atoms with E-state index in [0.29, 0.717) is 11.8 Å². The van der Waals surface area contributed by atoms with Gasteiger partial charge in [-0.25, -0.2) is 15.0 Å². The van der Waals surface area contributed by atoms with Gasteiger partial charge in [-0.2, -0.15) is 0 Å². The Hall–Kier alpha value is -2.96.